The molecule has 1 N–H and O–H groups in total. The molecule has 0 bridgehead atoms. The predicted octanol–water partition coefficient (Wildman–Crippen LogP) is 4.50. The first kappa shape index (κ1) is 19.2. The van der Waals surface area contributed by atoms with E-state index in [2.05, 4.69) is 21.2 Å². The molecular weight excluding hydrogens is 456 g/mol. The third-order valence-electron chi connectivity index (χ3n) is 3.58. The molecule has 2 aromatic carbocycles. The zero-order valence-electron chi connectivity index (χ0n) is 13.5. The third-order valence-corrected chi connectivity index (χ3v) is 6.99. The predicted molar refractivity (Wildman–Crippen MR) is 105 cm³/mol. The first-order valence-corrected chi connectivity index (χ1v) is 10.5. The fourth-order valence-corrected chi connectivity index (χ4v) is 4.77. The van der Waals surface area contributed by atoms with Gasteiger partial charge in [0.15, 0.2) is 0 Å². The average molecular weight is 467 g/mol. The van der Waals surface area contributed by atoms with Gasteiger partial charge in [0, 0.05) is 17.8 Å². The van der Waals surface area contributed by atoms with E-state index < -0.39 is 14.8 Å². The highest BCUT2D eigenvalue weighted by molar-refractivity contribution is 9.11. The molecule has 1 amide bonds. The lowest BCUT2D eigenvalue weighted by Gasteiger charge is -2.07. The molecule has 0 saturated heterocycles. The molecule has 0 unspecified atom stereocenters. The number of rotatable bonds is 5. The minimum atomic E-state index is -3.81. The van der Waals surface area contributed by atoms with E-state index in [9.17, 15) is 23.3 Å². The van der Waals surface area contributed by atoms with E-state index in [1.165, 1.54) is 47.7 Å². The Bertz CT molecular complexity index is 1110. The molecule has 1 aromatic heterocycles. The Morgan fingerprint density at radius 1 is 0.963 bits per heavy atom. The van der Waals surface area contributed by atoms with E-state index in [0.29, 0.717) is 10.6 Å². The Balaban J connectivity index is 1.79. The molecular formula is C17H11BrN2O5S2. The van der Waals surface area contributed by atoms with Crippen LogP contribution in [0.1, 0.15) is 9.67 Å². The van der Waals surface area contributed by atoms with Crippen LogP contribution >= 0.6 is 27.3 Å². The highest BCUT2D eigenvalue weighted by Gasteiger charge is 2.19. The second-order valence-corrected chi connectivity index (χ2v) is 9.75. The monoisotopic (exact) mass is 466 g/mol. The Labute approximate surface area is 166 Å². The van der Waals surface area contributed by atoms with Crippen molar-refractivity contribution in [2.75, 3.05) is 5.32 Å². The van der Waals surface area contributed by atoms with Gasteiger partial charge in [0.1, 0.15) is 0 Å². The second-order valence-electron chi connectivity index (χ2n) is 5.34. The topological polar surface area (TPSA) is 106 Å². The van der Waals surface area contributed by atoms with Crippen molar-refractivity contribution in [1.29, 1.82) is 0 Å². The summed E-state index contributed by atoms with van der Waals surface area (Å²) in [6, 6.07) is 13.8. The number of carbonyl (C=O) groups is 1. The summed E-state index contributed by atoms with van der Waals surface area (Å²) in [6.07, 6.45) is 0. The van der Waals surface area contributed by atoms with Crippen LogP contribution in [0, 0.1) is 10.1 Å². The number of nitrogens with zero attached hydrogens (tertiary/aromatic N) is 1. The molecule has 7 nitrogen and oxygen atoms in total. The van der Waals surface area contributed by atoms with Crippen LogP contribution < -0.4 is 5.32 Å². The standard InChI is InChI=1S/C17H11BrN2O5S2/c18-16-10-9-15(26-16)17(21)19-11-1-5-13(6-2-11)27(24,25)14-7-3-12(4-8-14)20(22)23/h1-10H,(H,19,21). The van der Waals surface area contributed by atoms with Crippen LogP contribution in [0.5, 0.6) is 0 Å². The van der Waals surface area contributed by atoms with Gasteiger partial charge in [-0.3, -0.25) is 14.9 Å². The maximum atomic E-state index is 12.6. The Morgan fingerprint density at radius 2 is 1.52 bits per heavy atom. The van der Waals surface area contributed by atoms with Gasteiger partial charge in [0.25, 0.3) is 11.6 Å². The molecule has 10 heteroatoms. The van der Waals surface area contributed by atoms with Crippen molar-refractivity contribution < 1.29 is 18.1 Å². The van der Waals surface area contributed by atoms with Crippen LogP contribution in [0.3, 0.4) is 0 Å². The fraction of sp³-hybridized carbons (Fsp3) is 0. The quantitative estimate of drug-likeness (QED) is 0.439. The summed E-state index contributed by atoms with van der Waals surface area (Å²) in [7, 11) is -3.81. The summed E-state index contributed by atoms with van der Waals surface area (Å²) in [4.78, 5) is 22.7. The molecule has 27 heavy (non-hydrogen) atoms. The van der Waals surface area contributed by atoms with E-state index in [-0.39, 0.29) is 21.4 Å². The van der Waals surface area contributed by atoms with E-state index >= 15 is 0 Å². The Hall–Kier alpha value is -2.56. The minimum Gasteiger partial charge on any atom is -0.321 e. The zero-order valence-corrected chi connectivity index (χ0v) is 16.7. The minimum absolute atomic E-state index is 0.0215. The molecule has 0 radical (unpaired) electrons. The van der Waals surface area contributed by atoms with Gasteiger partial charge >= 0.3 is 0 Å². The lowest BCUT2D eigenvalue weighted by Crippen LogP contribution is -2.10. The van der Waals surface area contributed by atoms with E-state index in [1.54, 1.807) is 12.1 Å². The van der Waals surface area contributed by atoms with Crippen molar-refractivity contribution in [3.05, 3.63) is 79.4 Å². The number of nitro benzene ring substituents is 1. The van der Waals surface area contributed by atoms with Crippen molar-refractivity contribution >= 4 is 54.4 Å². The number of halogens is 1. The molecule has 0 fully saturated rings. The number of hydrogen-bond acceptors (Lipinski definition) is 6. The number of sulfone groups is 1. The molecule has 1 heterocycles. The number of hydrogen-bond donors (Lipinski definition) is 1. The summed E-state index contributed by atoms with van der Waals surface area (Å²) in [6.45, 7) is 0. The van der Waals surface area contributed by atoms with Crippen LogP contribution in [0.4, 0.5) is 11.4 Å². The Kier molecular flexibility index (Phi) is 5.40. The van der Waals surface area contributed by atoms with Gasteiger partial charge in [-0.1, -0.05) is 0 Å². The normalized spacial score (nSPS) is 11.1. The number of thiophene rings is 1. The summed E-state index contributed by atoms with van der Waals surface area (Å²) >= 11 is 4.57. The fourth-order valence-electron chi connectivity index (χ4n) is 2.23. The summed E-state index contributed by atoms with van der Waals surface area (Å²) in [5.74, 6) is -0.295. The van der Waals surface area contributed by atoms with Crippen LogP contribution in [0.25, 0.3) is 0 Å². The maximum Gasteiger partial charge on any atom is 0.269 e. The van der Waals surface area contributed by atoms with Crippen LogP contribution in [0.15, 0.2) is 74.2 Å². The third kappa shape index (κ3) is 4.24. The molecule has 0 aliphatic carbocycles. The second kappa shape index (κ2) is 7.59. The highest BCUT2D eigenvalue weighted by Crippen LogP contribution is 2.26. The SMILES string of the molecule is O=C(Nc1ccc(S(=O)(=O)c2ccc([N+](=O)[O-])cc2)cc1)c1ccc(Br)s1. The van der Waals surface area contributed by atoms with Crippen LogP contribution in [0.2, 0.25) is 0 Å². The number of nitro groups is 1. The van der Waals surface area contributed by atoms with Gasteiger partial charge in [-0.25, -0.2) is 8.42 Å². The van der Waals surface area contributed by atoms with Crippen LogP contribution in [-0.2, 0) is 9.84 Å². The summed E-state index contributed by atoms with van der Waals surface area (Å²) in [5, 5.41) is 13.4. The molecule has 3 aromatic rings. The first-order chi connectivity index (χ1) is 12.8. The van der Waals surface area contributed by atoms with Crippen molar-refractivity contribution in [3.63, 3.8) is 0 Å². The molecule has 0 aliphatic heterocycles. The van der Waals surface area contributed by atoms with E-state index in [1.807, 2.05) is 0 Å². The first-order valence-electron chi connectivity index (χ1n) is 7.44. The summed E-state index contributed by atoms with van der Waals surface area (Å²) in [5.41, 5.74) is 0.263. The van der Waals surface area contributed by atoms with Crippen LogP contribution in [-0.4, -0.2) is 19.2 Å². The molecule has 0 aliphatic rings. The number of anilines is 1. The number of non-ortho nitro benzene ring substituents is 1. The zero-order chi connectivity index (χ0) is 19.6. The van der Waals surface area contributed by atoms with Gasteiger partial charge in [0.2, 0.25) is 9.84 Å². The molecule has 0 saturated carbocycles. The average Bonchev–Trinajstić information content (AvgIpc) is 3.09. The largest absolute Gasteiger partial charge is 0.321 e. The molecule has 0 atom stereocenters. The number of benzene rings is 2. The maximum absolute atomic E-state index is 12.6. The molecule has 138 valence electrons. The highest BCUT2D eigenvalue weighted by atomic mass is 79.9. The van der Waals surface area contributed by atoms with Gasteiger partial charge < -0.3 is 5.32 Å². The van der Waals surface area contributed by atoms with Gasteiger partial charge in [-0.15, -0.1) is 11.3 Å². The Morgan fingerprint density at radius 3 is 2.00 bits per heavy atom. The smallest absolute Gasteiger partial charge is 0.269 e. The lowest BCUT2D eigenvalue weighted by molar-refractivity contribution is -0.384. The molecule has 0 spiro atoms. The van der Waals surface area contributed by atoms with Crippen molar-refractivity contribution in [1.82, 2.24) is 0 Å². The van der Waals surface area contributed by atoms with Crippen molar-refractivity contribution in [3.8, 4) is 0 Å². The number of amides is 1. The van der Waals surface area contributed by atoms with E-state index in [0.717, 1.165) is 15.9 Å². The van der Waals surface area contributed by atoms with Gasteiger partial charge in [-0.2, -0.15) is 0 Å². The van der Waals surface area contributed by atoms with Gasteiger partial charge in [-0.05, 0) is 64.5 Å². The number of nitrogens with one attached hydrogen (secondary N) is 1. The molecule has 3 rings (SSSR count). The van der Waals surface area contributed by atoms with E-state index in [4.69, 9.17) is 0 Å². The summed E-state index contributed by atoms with van der Waals surface area (Å²) < 4.78 is 26.1. The number of carbonyl (C=O) groups excluding carboxylic acids is 1. The van der Waals surface area contributed by atoms with Crippen molar-refractivity contribution in [2.24, 2.45) is 0 Å². The van der Waals surface area contributed by atoms with Gasteiger partial charge in [0.05, 0.1) is 23.4 Å². The lowest BCUT2D eigenvalue weighted by atomic mass is 10.3. The van der Waals surface area contributed by atoms with Crippen molar-refractivity contribution in [2.45, 2.75) is 9.79 Å².